The van der Waals surface area contributed by atoms with E-state index in [1.165, 1.54) is 11.6 Å². The highest BCUT2D eigenvalue weighted by Gasteiger charge is 2.35. The molecule has 1 aliphatic rings. The summed E-state index contributed by atoms with van der Waals surface area (Å²) in [7, 11) is 7.94. The number of hydrogen-bond donors (Lipinski definition) is 0. The van der Waals surface area contributed by atoms with Gasteiger partial charge in [0.25, 0.3) is 5.56 Å². The predicted molar refractivity (Wildman–Crippen MR) is 132 cm³/mol. The molecule has 2 aromatic carbocycles. The van der Waals surface area contributed by atoms with Crippen LogP contribution in [0.25, 0.3) is 22.2 Å². The van der Waals surface area contributed by atoms with E-state index in [4.69, 9.17) is 18.9 Å². The van der Waals surface area contributed by atoms with Crippen molar-refractivity contribution in [2.75, 3.05) is 27.9 Å². The van der Waals surface area contributed by atoms with Crippen LogP contribution in [0.2, 0.25) is 0 Å². The van der Waals surface area contributed by atoms with Gasteiger partial charge in [-0.25, -0.2) is 4.79 Å². The summed E-state index contributed by atoms with van der Waals surface area (Å²) in [6.07, 6.45) is -0.582. The van der Waals surface area contributed by atoms with Gasteiger partial charge in [0, 0.05) is 26.2 Å². The zero-order chi connectivity index (χ0) is 24.9. The second-order valence-corrected chi connectivity index (χ2v) is 8.38. The molecule has 0 saturated carbocycles. The zero-order valence-electron chi connectivity index (χ0n) is 20.3. The maximum atomic E-state index is 13.5. The van der Waals surface area contributed by atoms with Crippen molar-refractivity contribution in [2.45, 2.75) is 12.6 Å². The molecule has 1 atom stereocenters. The van der Waals surface area contributed by atoms with E-state index >= 15 is 0 Å². The summed E-state index contributed by atoms with van der Waals surface area (Å²) < 4.78 is 27.6. The van der Waals surface area contributed by atoms with Gasteiger partial charge in [0.05, 0.1) is 50.2 Å². The number of fused-ring (bicyclic) bond motifs is 3. The predicted octanol–water partition coefficient (Wildman–Crippen LogP) is 2.85. The Morgan fingerprint density at radius 2 is 1.66 bits per heavy atom. The Morgan fingerprint density at radius 3 is 2.31 bits per heavy atom. The van der Waals surface area contributed by atoms with Gasteiger partial charge in [-0.05, 0) is 35.9 Å². The lowest BCUT2D eigenvalue weighted by atomic mass is 10.0. The molecule has 4 aromatic rings. The fourth-order valence-electron chi connectivity index (χ4n) is 4.98. The Balaban J connectivity index is 1.91. The molecule has 0 saturated heterocycles. The van der Waals surface area contributed by atoms with Crippen molar-refractivity contribution in [3.05, 3.63) is 74.6 Å². The van der Waals surface area contributed by atoms with E-state index in [0.29, 0.717) is 41.3 Å². The number of aromatic nitrogens is 3. The first-order chi connectivity index (χ1) is 16.9. The molecule has 1 unspecified atom stereocenters. The zero-order valence-corrected chi connectivity index (χ0v) is 20.3. The highest BCUT2D eigenvalue weighted by atomic mass is 16.5. The Kier molecular flexibility index (Phi) is 5.64. The van der Waals surface area contributed by atoms with Gasteiger partial charge in [-0.1, -0.05) is 12.1 Å². The lowest BCUT2D eigenvalue weighted by Crippen LogP contribution is -2.37. The van der Waals surface area contributed by atoms with Crippen molar-refractivity contribution in [3.8, 4) is 28.5 Å². The number of nitrogens with zero attached hydrogens (tertiary/aromatic N) is 3. The molecular weight excluding hydrogens is 450 g/mol. The van der Waals surface area contributed by atoms with Crippen LogP contribution in [0.1, 0.15) is 17.4 Å². The van der Waals surface area contributed by atoms with Gasteiger partial charge in [0.15, 0.2) is 11.5 Å². The lowest BCUT2D eigenvalue weighted by molar-refractivity contribution is 0.0462. The number of rotatable bonds is 5. The van der Waals surface area contributed by atoms with Gasteiger partial charge in [-0.2, -0.15) is 0 Å². The van der Waals surface area contributed by atoms with E-state index < -0.39 is 11.8 Å². The van der Waals surface area contributed by atoms with E-state index in [-0.39, 0.29) is 5.56 Å². The molecule has 0 bridgehead atoms. The number of para-hydroxylation sites is 1. The van der Waals surface area contributed by atoms with Gasteiger partial charge >= 0.3 is 5.69 Å². The second kappa shape index (κ2) is 8.66. The quantitative estimate of drug-likeness (QED) is 0.440. The molecule has 0 amide bonds. The van der Waals surface area contributed by atoms with Crippen molar-refractivity contribution in [1.29, 1.82) is 0 Å². The first kappa shape index (κ1) is 22.8. The largest absolute Gasteiger partial charge is 0.497 e. The van der Waals surface area contributed by atoms with Crippen molar-refractivity contribution in [2.24, 2.45) is 14.1 Å². The van der Waals surface area contributed by atoms with E-state index in [2.05, 4.69) is 4.57 Å². The lowest BCUT2D eigenvalue weighted by Gasteiger charge is -2.29. The van der Waals surface area contributed by atoms with Crippen LogP contribution in [0.5, 0.6) is 17.2 Å². The number of benzene rings is 2. The van der Waals surface area contributed by atoms with Crippen LogP contribution in [0, 0.1) is 0 Å². The molecule has 35 heavy (non-hydrogen) atoms. The minimum absolute atomic E-state index is 0.354. The first-order valence-electron chi connectivity index (χ1n) is 11.2. The molecule has 0 aliphatic carbocycles. The summed E-state index contributed by atoms with van der Waals surface area (Å²) in [6, 6.07) is 13.1. The van der Waals surface area contributed by atoms with Crippen LogP contribution in [-0.4, -0.2) is 41.6 Å². The molecule has 2 aromatic heterocycles. The standard InChI is InChI=1S/C26H27N3O6/c1-27-21-19(25(30)28(2)26(27)31)20(15-9-11-16(32-3)12-10-15)29-13-14-35-24(22(21)29)17-7-6-8-18(33-4)23(17)34-5/h6-12,24H,13-14H2,1-5H3. The van der Waals surface area contributed by atoms with Crippen molar-refractivity contribution in [1.82, 2.24) is 13.7 Å². The van der Waals surface area contributed by atoms with E-state index in [1.807, 2.05) is 42.5 Å². The summed E-state index contributed by atoms with van der Waals surface area (Å²) in [4.78, 5) is 26.5. The summed E-state index contributed by atoms with van der Waals surface area (Å²) >= 11 is 0. The summed E-state index contributed by atoms with van der Waals surface area (Å²) in [6.45, 7) is 0.932. The van der Waals surface area contributed by atoms with Gasteiger partial charge in [0.1, 0.15) is 11.9 Å². The number of methoxy groups -OCH3 is 3. The molecular formula is C26H27N3O6. The minimum Gasteiger partial charge on any atom is -0.497 e. The normalized spacial score (nSPS) is 15.2. The monoisotopic (exact) mass is 477 g/mol. The van der Waals surface area contributed by atoms with Crippen LogP contribution in [0.3, 0.4) is 0 Å². The van der Waals surface area contributed by atoms with Gasteiger partial charge in [-0.3, -0.25) is 13.9 Å². The molecule has 9 nitrogen and oxygen atoms in total. The van der Waals surface area contributed by atoms with Gasteiger partial charge in [0.2, 0.25) is 0 Å². The van der Waals surface area contributed by atoms with Crippen LogP contribution in [-0.2, 0) is 25.4 Å². The Bertz CT molecular complexity index is 1550. The van der Waals surface area contributed by atoms with Crippen molar-refractivity contribution < 1.29 is 18.9 Å². The third-order valence-electron chi connectivity index (χ3n) is 6.63. The summed E-state index contributed by atoms with van der Waals surface area (Å²) in [5, 5.41) is 0.465. The molecule has 1 aliphatic heterocycles. The van der Waals surface area contributed by atoms with Crippen molar-refractivity contribution in [3.63, 3.8) is 0 Å². The highest BCUT2D eigenvalue weighted by Crippen LogP contribution is 2.45. The molecule has 0 fully saturated rings. The summed E-state index contributed by atoms with van der Waals surface area (Å²) in [5.41, 5.74) is 2.84. The Labute approximate surface area is 201 Å². The molecule has 0 spiro atoms. The molecule has 3 heterocycles. The van der Waals surface area contributed by atoms with Crippen molar-refractivity contribution >= 4 is 10.9 Å². The van der Waals surface area contributed by atoms with E-state index in [1.54, 1.807) is 28.4 Å². The van der Waals surface area contributed by atoms with Crippen LogP contribution >= 0.6 is 0 Å². The number of ether oxygens (including phenoxy) is 4. The maximum Gasteiger partial charge on any atom is 0.331 e. The number of hydrogen-bond acceptors (Lipinski definition) is 6. The van der Waals surface area contributed by atoms with Gasteiger partial charge in [-0.15, -0.1) is 0 Å². The maximum absolute atomic E-state index is 13.5. The Morgan fingerprint density at radius 1 is 0.914 bits per heavy atom. The molecule has 9 heteroatoms. The second-order valence-electron chi connectivity index (χ2n) is 8.38. The fraction of sp³-hybridized carbons (Fsp3) is 0.308. The third kappa shape index (κ3) is 3.34. The van der Waals surface area contributed by atoms with E-state index in [0.717, 1.165) is 27.1 Å². The SMILES string of the molecule is COc1ccc(-c2c3c(=O)n(C)c(=O)n(C)c3c3n2CCOC3c2cccc(OC)c2OC)cc1. The van der Waals surface area contributed by atoms with E-state index in [9.17, 15) is 9.59 Å². The van der Waals surface area contributed by atoms with Crippen LogP contribution < -0.4 is 25.5 Å². The third-order valence-corrected chi connectivity index (χ3v) is 6.63. The smallest absolute Gasteiger partial charge is 0.331 e. The van der Waals surface area contributed by atoms with Crippen LogP contribution in [0.15, 0.2) is 52.1 Å². The highest BCUT2D eigenvalue weighted by molar-refractivity contribution is 5.96. The summed E-state index contributed by atoms with van der Waals surface area (Å²) in [5.74, 6) is 1.83. The Hall–Kier alpha value is -3.98. The first-order valence-corrected chi connectivity index (χ1v) is 11.2. The average molecular weight is 478 g/mol. The van der Waals surface area contributed by atoms with Crippen LogP contribution in [0.4, 0.5) is 0 Å². The molecule has 182 valence electrons. The fourth-order valence-corrected chi connectivity index (χ4v) is 4.98. The van der Waals surface area contributed by atoms with Gasteiger partial charge < -0.3 is 23.5 Å². The molecule has 0 radical (unpaired) electrons. The minimum atomic E-state index is -0.582. The topological polar surface area (TPSA) is 85.9 Å². The molecule has 5 rings (SSSR count). The number of aryl methyl sites for hydroxylation is 1. The average Bonchev–Trinajstić information content (AvgIpc) is 3.25. The molecule has 0 N–H and O–H groups in total.